The van der Waals surface area contributed by atoms with Gasteiger partial charge in [-0.25, -0.2) is 0 Å². The zero-order chi connectivity index (χ0) is 16.8. The van der Waals surface area contributed by atoms with E-state index in [4.69, 9.17) is 9.47 Å². The first-order chi connectivity index (χ1) is 11.0. The van der Waals surface area contributed by atoms with Crippen molar-refractivity contribution in [3.8, 4) is 11.5 Å². The summed E-state index contributed by atoms with van der Waals surface area (Å²) in [5.41, 5.74) is 2.97. The van der Waals surface area contributed by atoms with Gasteiger partial charge in [0.2, 0.25) is 0 Å². The highest BCUT2D eigenvalue weighted by atomic mass is 79.9. The molecule has 0 radical (unpaired) electrons. The average molecular weight is 378 g/mol. The monoisotopic (exact) mass is 377 g/mol. The molecule has 0 fully saturated rings. The smallest absolute Gasteiger partial charge is 0.262 e. The predicted octanol–water partition coefficient (Wildman–Crippen LogP) is 4.35. The fourth-order valence-electron chi connectivity index (χ4n) is 2.27. The molecule has 0 aliphatic heterocycles. The molecule has 0 aliphatic rings. The number of hydrogen-bond donors (Lipinski definition) is 1. The molecule has 0 saturated heterocycles. The van der Waals surface area contributed by atoms with E-state index in [2.05, 4.69) is 28.2 Å². The Balaban J connectivity index is 1.99. The van der Waals surface area contributed by atoms with Gasteiger partial charge in [-0.3, -0.25) is 4.79 Å². The molecule has 23 heavy (non-hydrogen) atoms. The van der Waals surface area contributed by atoms with Crippen molar-refractivity contribution in [2.24, 2.45) is 0 Å². The molecule has 0 atom stereocenters. The Morgan fingerprint density at radius 3 is 2.43 bits per heavy atom. The second-order valence-electron chi connectivity index (χ2n) is 5.12. The largest absolute Gasteiger partial charge is 0.497 e. The molecule has 4 nitrogen and oxygen atoms in total. The molecule has 0 bridgehead atoms. The topological polar surface area (TPSA) is 47.6 Å². The van der Waals surface area contributed by atoms with E-state index in [-0.39, 0.29) is 12.5 Å². The molecular formula is C18H20BrNO3. The van der Waals surface area contributed by atoms with E-state index in [1.165, 1.54) is 0 Å². The Kier molecular flexibility index (Phi) is 6.04. The van der Waals surface area contributed by atoms with Gasteiger partial charge in [0.1, 0.15) is 11.5 Å². The minimum Gasteiger partial charge on any atom is -0.497 e. The van der Waals surface area contributed by atoms with Gasteiger partial charge >= 0.3 is 0 Å². The molecule has 0 saturated carbocycles. The molecule has 1 N–H and O–H groups in total. The molecule has 2 aromatic rings. The summed E-state index contributed by atoms with van der Waals surface area (Å²) >= 11 is 3.48. The molecule has 2 rings (SSSR count). The van der Waals surface area contributed by atoms with Gasteiger partial charge in [0.05, 0.1) is 7.11 Å². The Bertz CT molecular complexity index is 683. The van der Waals surface area contributed by atoms with Crippen LogP contribution in [0.5, 0.6) is 11.5 Å². The lowest BCUT2D eigenvalue weighted by atomic mass is 10.1. The summed E-state index contributed by atoms with van der Waals surface area (Å²) in [7, 11) is 1.61. The number of carbonyl (C=O) groups excluding carboxylic acids is 1. The van der Waals surface area contributed by atoms with Crippen LogP contribution < -0.4 is 14.8 Å². The molecule has 122 valence electrons. The van der Waals surface area contributed by atoms with Crippen molar-refractivity contribution in [1.29, 1.82) is 0 Å². The fourth-order valence-corrected chi connectivity index (χ4v) is 2.89. The number of nitrogens with one attached hydrogen (secondary N) is 1. The summed E-state index contributed by atoms with van der Waals surface area (Å²) in [6.45, 7) is 4.00. The van der Waals surface area contributed by atoms with Crippen molar-refractivity contribution in [3.63, 3.8) is 0 Å². The molecule has 0 unspecified atom stereocenters. The molecule has 5 heteroatoms. The molecular weight excluding hydrogens is 358 g/mol. The lowest BCUT2D eigenvalue weighted by Crippen LogP contribution is -2.21. The number of methoxy groups -OCH3 is 1. The first kappa shape index (κ1) is 17.3. The van der Waals surface area contributed by atoms with Gasteiger partial charge in [0, 0.05) is 10.2 Å². The Morgan fingerprint density at radius 1 is 1.17 bits per heavy atom. The highest BCUT2D eigenvalue weighted by molar-refractivity contribution is 9.10. The summed E-state index contributed by atoms with van der Waals surface area (Å²) in [5, 5.41) is 2.94. The van der Waals surface area contributed by atoms with Crippen molar-refractivity contribution in [2.45, 2.75) is 20.3 Å². The van der Waals surface area contributed by atoms with E-state index in [1.807, 2.05) is 19.1 Å². The molecule has 2 aromatic carbocycles. The van der Waals surface area contributed by atoms with Crippen molar-refractivity contribution in [3.05, 3.63) is 52.0 Å². The Morgan fingerprint density at radius 2 is 1.83 bits per heavy atom. The van der Waals surface area contributed by atoms with Gasteiger partial charge < -0.3 is 14.8 Å². The van der Waals surface area contributed by atoms with E-state index < -0.39 is 0 Å². The van der Waals surface area contributed by atoms with E-state index in [0.29, 0.717) is 5.75 Å². The third kappa shape index (κ3) is 4.73. The maximum absolute atomic E-state index is 12.1. The number of benzene rings is 2. The zero-order valence-electron chi connectivity index (χ0n) is 13.5. The third-order valence-electron chi connectivity index (χ3n) is 3.46. The number of halogens is 1. The molecule has 0 aromatic heterocycles. The maximum atomic E-state index is 12.1. The number of ether oxygens (including phenoxy) is 2. The normalized spacial score (nSPS) is 10.3. The van der Waals surface area contributed by atoms with E-state index in [1.54, 1.807) is 31.4 Å². The summed E-state index contributed by atoms with van der Waals surface area (Å²) < 4.78 is 11.6. The maximum Gasteiger partial charge on any atom is 0.262 e. The predicted molar refractivity (Wildman–Crippen MR) is 95.4 cm³/mol. The second kappa shape index (κ2) is 8.02. The van der Waals surface area contributed by atoms with Gasteiger partial charge in [-0.1, -0.05) is 22.9 Å². The van der Waals surface area contributed by atoms with Crippen LogP contribution in [-0.4, -0.2) is 19.6 Å². The van der Waals surface area contributed by atoms with Crippen LogP contribution in [-0.2, 0) is 11.2 Å². The van der Waals surface area contributed by atoms with Crippen LogP contribution in [0.25, 0.3) is 0 Å². The Hall–Kier alpha value is -2.01. The number of hydrogen-bond acceptors (Lipinski definition) is 3. The minimum absolute atomic E-state index is 0.0367. The van der Waals surface area contributed by atoms with Gasteiger partial charge in [-0.2, -0.15) is 0 Å². The lowest BCUT2D eigenvalue weighted by molar-refractivity contribution is -0.118. The van der Waals surface area contributed by atoms with Gasteiger partial charge in [-0.05, 0) is 60.9 Å². The first-order valence-corrected chi connectivity index (χ1v) is 8.18. The lowest BCUT2D eigenvalue weighted by Gasteiger charge is -2.14. The fraction of sp³-hybridized carbons (Fsp3) is 0.278. The summed E-state index contributed by atoms with van der Waals surface area (Å²) in [5.74, 6) is 1.20. The third-order valence-corrected chi connectivity index (χ3v) is 3.91. The van der Waals surface area contributed by atoms with Crippen molar-refractivity contribution < 1.29 is 14.3 Å². The van der Waals surface area contributed by atoms with Gasteiger partial charge in [0.25, 0.3) is 5.91 Å². The standard InChI is InChI=1S/C18H20BrNO3/c1-4-13-10-14(19)9-12(2)18(13)20-17(21)11-23-16-7-5-15(22-3)6-8-16/h5-10H,4,11H2,1-3H3,(H,20,21). The first-order valence-electron chi connectivity index (χ1n) is 7.39. The van der Waals surface area contributed by atoms with E-state index in [9.17, 15) is 4.79 Å². The Labute approximate surface area is 144 Å². The number of anilines is 1. The van der Waals surface area contributed by atoms with Crippen LogP contribution >= 0.6 is 15.9 Å². The summed E-state index contributed by atoms with van der Waals surface area (Å²) in [6.07, 6.45) is 0.842. The second-order valence-corrected chi connectivity index (χ2v) is 6.04. The van der Waals surface area contributed by atoms with Crippen molar-refractivity contribution >= 4 is 27.5 Å². The number of amides is 1. The van der Waals surface area contributed by atoms with Gasteiger partial charge in [-0.15, -0.1) is 0 Å². The summed E-state index contributed by atoms with van der Waals surface area (Å²) in [4.78, 5) is 12.1. The van der Waals surface area contributed by atoms with Crippen LogP contribution in [0.3, 0.4) is 0 Å². The highest BCUT2D eigenvalue weighted by Gasteiger charge is 2.10. The molecule has 0 spiro atoms. The van der Waals surface area contributed by atoms with Crippen molar-refractivity contribution in [2.75, 3.05) is 19.0 Å². The highest BCUT2D eigenvalue weighted by Crippen LogP contribution is 2.26. The van der Waals surface area contributed by atoms with Crippen LogP contribution in [0.1, 0.15) is 18.1 Å². The number of aryl methyl sites for hydroxylation is 2. The van der Waals surface area contributed by atoms with E-state index >= 15 is 0 Å². The number of rotatable bonds is 6. The van der Waals surface area contributed by atoms with Gasteiger partial charge in [0.15, 0.2) is 6.61 Å². The quantitative estimate of drug-likeness (QED) is 0.813. The SMILES string of the molecule is CCc1cc(Br)cc(C)c1NC(=O)COc1ccc(OC)cc1. The van der Waals surface area contributed by atoms with E-state index in [0.717, 1.165) is 33.5 Å². The summed E-state index contributed by atoms with van der Waals surface area (Å²) in [6, 6.07) is 11.1. The molecule has 0 heterocycles. The van der Waals surface area contributed by atoms with Crippen molar-refractivity contribution in [1.82, 2.24) is 0 Å². The van der Waals surface area contributed by atoms with Crippen LogP contribution in [0.4, 0.5) is 5.69 Å². The number of carbonyl (C=O) groups is 1. The van der Waals surface area contributed by atoms with Crippen LogP contribution in [0, 0.1) is 6.92 Å². The molecule has 1 amide bonds. The van der Waals surface area contributed by atoms with Crippen LogP contribution in [0.2, 0.25) is 0 Å². The zero-order valence-corrected chi connectivity index (χ0v) is 15.1. The molecule has 0 aliphatic carbocycles. The minimum atomic E-state index is -0.180. The van der Waals surface area contributed by atoms with Crippen LogP contribution in [0.15, 0.2) is 40.9 Å². The average Bonchev–Trinajstić information content (AvgIpc) is 2.55.